The number of aliphatic imine (C=N–C) groups is 1. The van der Waals surface area contributed by atoms with E-state index in [9.17, 15) is 5.11 Å². The number of hydrogen-bond acceptors (Lipinski definition) is 3. The molecule has 0 atom stereocenters. The van der Waals surface area contributed by atoms with Crippen LogP contribution in [-0.4, -0.2) is 20.9 Å². The Hall–Kier alpha value is -2.62. The topological polar surface area (TPSA) is 50.4 Å². The summed E-state index contributed by atoms with van der Waals surface area (Å²) in [7, 11) is 0. The first kappa shape index (κ1) is 13.4. The third-order valence-electron chi connectivity index (χ3n) is 3.30. The van der Waals surface area contributed by atoms with Gasteiger partial charge in [-0.25, -0.2) is 9.98 Å². The number of fused-ring (bicyclic) bond motifs is 1. The number of phenolic OH excluding ortho intramolecular Hbond substituents is 1. The molecule has 0 unspecified atom stereocenters. The van der Waals surface area contributed by atoms with E-state index >= 15 is 0 Å². The molecule has 1 aromatic heterocycles. The normalized spacial score (nSPS) is 11.5. The van der Waals surface area contributed by atoms with Crippen LogP contribution in [0.4, 0.5) is 5.95 Å². The van der Waals surface area contributed by atoms with Crippen molar-refractivity contribution in [2.75, 3.05) is 0 Å². The highest BCUT2D eigenvalue weighted by atomic mass is 16.3. The molecule has 0 aliphatic carbocycles. The van der Waals surface area contributed by atoms with Crippen molar-refractivity contribution in [3.63, 3.8) is 0 Å². The lowest BCUT2D eigenvalue weighted by molar-refractivity contribution is 0.475. The van der Waals surface area contributed by atoms with Crippen molar-refractivity contribution < 1.29 is 5.11 Å². The van der Waals surface area contributed by atoms with Crippen LogP contribution in [0.3, 0.4) is 0 Å². The fraction of sp³-hybridized carbons (Fsp3) is 0.176. The molecule has 0 radical (unpaired) electrons. The number of imidazole rings is 1. The summed E-state index contributed by atoms with van der Waals surface area (Å²) < 4.78 is 2.13. The lowest BCUT2D eigenvalue weighted by Crippen LogP contribution is -1.96. The Morgan fingerprint density at radius 1 is 1.14 bits per heavy atom. The summed E-state index contributed by atoms with van der Waals surface area (Å²) in [5, 5.41) is 9.29. The van der Waals surface area contributed by atoms with Crippen molar-refractivity contribution in [2.24, 2.45) is 4.99 Å². The van der Waals surface area contributed by atoms with Crippen molar-refractivity contribution in [3.8, 4) is 5.75 Å². The molecule has 0 aliphatic heterocycles. The van der Waals surface area contributed by atoms with E-state index in [1.807, 2.05) is 30.3 Å². The smallest absolute Gasteiger partial charge is 0.230 e. The zero-order chi connectivity index (χ0) is 14.7. The first-order valence-corrected chi connectivity index (χ1v) is 7.06. The van der Waals surface area contributed by atoms with Gasteiger partial charge in [-0.2, -0.15) is 0 Å². The van der Waals surface area contributed by atoms with Gasteiger partial charge in [0.2, 0.25) is 5.95 Å². The van der Waals surface area contributed by atoms with Crippen molar-refractivity contribution in [1.82, 2.24) is 9.55 Å². The molecule has 0 saturated heterocycles. The molecule has 106 valence electrons. The predicted molar refractivity (Wildman–Crippen MR) is 85.4 cm³/mol. The molecule has 3 aromatic rings. The van der Waals surface area contributed by atoms with E-state index in [4.69, 9.17) is 0 Å². The van der Waals surface area contributed by atoms with E-state index in [-0.39, 0.29) is 5.75 Å². The third kappa shape index (κ3) is 2.79. The molecular weight excluding hydrogens is 262 g/mol. The van der Waals surface area contributed by atoms with Crippen LogP contribution in [-0.2, 0) is 6.54 Å². The second-order valence-electron chi connectivity index (χ2n) is 4.90. The first-order chi connectivity index (χ1) is 10.3. The molecular formula is C17H17N3O. The molecule has 2 aromatic carbocycles. The number of para-hydroxylation sites is 2. The molecule has 0 spiro atoms. The number of phenols is 1. The molecule has 1 N–H and O–H groups in total. The molecule has 4 nitrogen and oxygen atoms in total. The molecule has 21 heavy (non-hydrogen) atoms. The fourth-order valence-corrected chi connectivity index (χ4v) is 2.30. The Kier molecular flexibility index (Phi) is 3.69. The highest BCUT2D eigenvalue weighted by Gasteiger charge is 2.07. The molecule has 0 amide bonds. The number of aromatic hydroxyl groups is 1. The standard InChI is InChI=1S/C17H17N3O/c1-2-11-20-16-6-4-3-5-15(16)19-17(20)18-12-13-7-9-14(21)10-8-13/h3-10,12,21H,2,11H2,1H3/b18-12+. The van der Waals surface area contributed by atoms with Crippen molar-refractivity contribution in [1.29, 1.82) is 0 Å². The first-order valence-electron chi connectivity index (χ1n) is 7.06. The van der Waals surface area contributed by atoms with E-state index in [0.717, 1.165) is 29.6 Å². The summed E-state index contributed by atoms with van der Waals surface area (Å²) >= 11 is 0. The monoisotopic (exact) mass is 279 g/mol. The second-order valence-corrected chi connectivity index (χ2v) is 4.90. The SMILES string of the molecule is CCCn1c(/N=C/c2ccc(O)cc2)nc2ccccc21. The van der Waals surface area contributed by atoms with E-state index in [1.54, 1.807) is 18.3 Å². The summed E-state index contributed by atoms with van der Waals surface area (Å²) in [5.74, 6) is 0.969. The number of benzene rings is 2. The minimum absolute atomic E-state index is 0.255. The van der Waals surface area contributed by atoms with Crippen LogP contribution >= 0.6 is 0 Å². The Morgan fingerprint density at radius 3 is 2.67 bits per heavy atom. The van der Waals surface area contributed by atoms with Gasteiger partial charge in [-0.3, -0.25) is 0 Å². The number of rotatable bonds is 4. The van der Waals surface area contributed by atoms with Crippen LogP contribution in [0.15, 0.2) is 53.5 Å². The molecule has 3 rings (SSSR count). The Balaban J connectivity index is 1.99. The third-order valence-corrected chi connectivity index (χ3v) is 3.30. The van der Waals surface area contributed by atoms with Crippen LogP contribution in [0.2, 0.25) is 0 Å². The maximum atomic E-state index is 9.29. The van der Waals surface area contributed by atoms with Gasteiger partial charge in [-0.05, 0) is 48.4 Å². The van der Waals surface area contributed by atoms with Crippen LogP contribution in [0.1, 0.15) is 18.9 Å². The summed E-state index contributed by atoms with van der Waals surface area (Å²) in [4.78, 5) is 9.09. The van der Waals surface area contributed by atoms with Crippen LogP contribution < -0.4 is 0 Å². The predicted octanol–water partition coefficient (Wildman–Crippen LogP) is 3.90. The van der Waals surface area contributed by atoms with Crippen LogP contribution in [0.25, 0.3) is 11.0 Å². The second kappa shape index (κ2) is 5.79. The maximum Gasteiger partial charge on any atom is 0.230 e. The molecule has 0 fully saturated rings. The molecule has 1 heterocycles. The summed E-state index contributed by atoms with van der Waals surface area (Å²) in [5.41, 5.74) is 3.00. The van der Waals surface area contributed by atoms with Gasteiger partial charge in [-0.1, -0.05) is 19.1 Å². The van der Waals surface area contributed by atoms with Gasteiger partial charge in [0.15, 0.2) is 0 Å². The highest BCUT2D eigenvalue weighted by molar-refractivity contribution is 5.83. The lowest BCUT2D eigenvalue weighted by Gasteiger charge is -2.03. The minimum atomic E-state index is 0.255. The average Bonchev–Trinajstić information content (AvgIpc) is 2.85. The average molecular weight is 279 g/mol. The zero-order valence-corrected chi connectivity index (χ0v) is 11.9. The van der Waals surface area contributed by atoms with Crippen molar-refractivity contribution in [2.45, 2.75) is 19.9 Å². The summed E-state index contributed by atoms with van der Waals surface area (Å²) in [6.07, 6.45) is 2.80. The van der Waals surface area contributed by atoms with Gasteiger partial charge in [0.25, 0.3) is 0 Å². The number of hydrogen-bond donors (Lipinski definition) is 1. The summed E-state index contributed by atoms with van der Waals surface area (Å²) in [6, 6.07) is 15.0. The lowest BCUT2D eigenvalue weighted by atomic mass is 10.2. The molecule has 4 heteroatoms. The van der Waals surface area contributed by atoms with Gasteiger partial charge in [0.05, 0.1) is 11.0 Å². The van der Waals surface area contributed by atoms with Gasteiger partial charge in [-0.15, -0.1) is 0 Å². The molecule has 0 bridgehead atoms. The Labute approximate surface area is 123 Å². The van der Waals surface area contributed by atoms with Gasteiger partial charge < -0.3 is 9.67 Å². The van der Waals surface area contributed by atoms with E-state index < -0.39 is 0 Å². The van der Waals surface area contributed by atoms with Gasteiger partial charge >= 0.3 is 0 Å². The van der Waals surface area contributed by atoms with Crippen LogP contribution in [0, 0.1) is 0 Å². The maximum absolute atomic E-state index is 9.29. The number of nitrogens with zero attached hydrogens (tertiary/aromatic N) is 3. The largest absolute Gasteiger partial charge is 0.508 e. The number of aromatic nitrogens is 2. The van der Waals surface area contributed by atoms with Crippen molar-refractivity contribution >= 4 is 23.2 Å². The van der Waals surface area contributed by atoms with Crippen molar-refractivity contribution in [3.05, 3.63) is 54.1 Å². The summed E-state index contributed by atoms with van der Waals surface area (Å²) in [6.45, 7) is 3.03. The molecule has 0 saturated carbocycles. The van der Waals surface area contributed by atoms with E-state index in [2.05, 4.69) is 27.5 Å². The minimum Gasteiger partial charge on any atom is -0.508 e. The van der Waals surface area contributed by atoms with Gasteiger partial charge in [0, 0.05) is 12.8 Å². The highest BCUT2D eigenvalue weighted by Crippen LogP contribution is 2.22. The van der Waals surface area contributed by atoms with Gasteiger partial charge in [0.1, 0.15) is 5.75 Å². The fourth-order valence-electron chi connectivity index (χ4n) is 2.30. The van der Waals surface area contributed by atoms with E-state index in [0.29, 0.717) is 5.95 Å². The van der Waals surface area contributed by atoms with Crippen LogP contribution in [0.5, 0.6) is 5.75 Å². The molecule has 0 aliphatic rings. The zero-order valence-electron chi connectivity index (χ0n) is 11.9. The van der Waals surface area contributed by atoms with E-state index in [1.165, 1.54) is 0 Å². The Morgan fingerprint density at radius 2 is 1.90 bits per heavy atom. The Bertz CT molecular complexity index is 772. The quantitative estimate of drug-likeness (QED) is 0.736. The number of aryl methyl sites for hydroxylation is 1.